The molecule has 1 amide bonds. The SMILES string of the molecule is CC(F)(F)Cn1ncnc1-c1cn2c(n1)-c1ccc(C3CC3C(N)=O)cc1OCC2. The molecule has 10 heteroatoms. The molecule has 2 atom stereocenters. The van der Waals surface area contributed by atoms with E-state index >= 15 is 0 Å². The first-order valence-corrected chi connectivity index (χ1v) is 9.70. The van der Waals surface area contributed by atoms with Crippen molar-refractivity contribution in [2.75, 3.05) is 6.61 Å². The fraction of sp³-hybridized carbons (Fsp3) is 0.400. The van der Waals surface area contributed by atoms with E-state index in [2.05, 4.69) is 15.1 Å². The maximum atomic E-state index is 13.5. The van der Waals surface area contributed by atoms with Crippen molar-refractivity contribution in [2.24, 2.45) is 11.7 Å². The molecular formula is C20H20F2N6O2. The van der Waals surface area contributed by atoms with Gasteiger partial charge in [-0.15, -0.1) is 0 Å². The Morgan fingerprint density at radius 1 is 1.37 bits per heavy atom. The smallest absolute Gasteiger partial charge is 0.264 e. The molecule has 0 saturated heterocycles. The van der Waals surface area contributed by atoms with Crippen molar-refractivity contribution >= 4 is 5.91 Å². The zero-order valence-corrected chi connectivity index (χ0v) is 16.3. The van der Waals surface area contributed by atoms with Crippen LogP contribution in [0.2, 0.25) is 0 Å². The van der Waals surface area contributed by atoms with Crippen LogP contribution in [-0.2, 0) is 17.9 Å². The number of ether oxygens (including phenoxy) is 1. The van der Waals surface area contributed by atoms with Gasteiger partial charge < -0.3 is 15.0 Å². The number of carbonyl (C=O) groups excluding carboxylic acids is 1. The van der Waals surface area contributed by atoms with Gasteiger partial charge in [0.25, 0.3) is 5.92 Å². The van der Waals surface area contributed by atoms with Crippen LogP contribution in [0.3, 0.4) is 0 Å². The molecule has 1 aliphatic heterocycles. The molecule has 1 saturated carbocycles. The Hall–Kier alpha value is -3.30. The van der Waals surface area contributed by atoms with Gasteiger partial charge in [-0.25, -0.2) is 23.4 Å². The topological polar surface area (TPSA) is 101 Å². The maximum absolute atomic E-state index is 13.5. The summed E-state index contributed by atoms with van der Waals surface area (Å²) in [5, 5.41) is 3.92. The number of aromatic nitrogens is 5. The summed E-state index contributed by atoms with van der Waals surface area (Å²) in [4.78, 5) is 20.2. The Balaban J connectivity index is 1.50. The van der Waals surface area contributed by atoms with Gasteiger partial charge in [0, 0.05) is 19.0 Å². The van der Waals surface area contributed by atoms with Crippen LogP contribution < -0.4 is 10.5 Å². The molecule has 2 aromatic heterocycles. The number of hydrogen-bond acceptors (Lipinski definition) is 5. The Morgan fingerprint density at radius 3 is 2.93 bits per heavy atom. The summed E-state index contributed by atoms with van der Waals surface area (Å²) >= 11 is 0. The zero-order chi connectivity index (χ0) is 21.0. The highest BCUT2D eigenvalue weighted by Crippen LogP contribution is 2.49. The van der Waals surface area contributed by atoms with E-state index in [4.69, 9.17) is 10.5 Å². The summed E-state index contributed by atoms with van der Waals surface area (Å²) in [5.41, 5.74) is 7.69. The molecule has 0 bridgehead atoms. The van der Waals surface area contributed by atoms with E-state index in [9.17, 15) is 13.6 Å². The third kappa shape index (κ3) is 3.31. The number of fused-ring (bicyclic) bond motifs is 3. The van der Waals surface area contributed by atoms with E-state index in [1.54, 1.807) is 6.20 Å². The number of alkyl halides is 2. The van der Waals surface area contributed by atoms with E-state index in [0.717, 1.165) is 24.5 Å². The van der Waals surface area contributed by atoms with Crippen LogP contribution in [0.25, 0.3) is 22.9 Å². The quantitative estimate of drug-likeness (QED) is 0.691. The average Bonchev–Trinajstić information content (AvgIpc) is 3.25. The van der Waals surface area contributed by atoms with Crippen LogP contribution in [0.4, 0.5) is 8.78 Å². The lowest BCUT2D eigenvalue weighted by atomic mass is 10.0. The van der Waals surface area contributed by atoms with Crippen molar-refractivity contribution in [2.45, 2.75) is 38.3 Å². The van der Waals surface area contributed by atoms with Crippen LogP contribution >= 0.6 is 0 Å². The normalized spacial score (nSPS) is 20.1. The van der Waals surface area contributed by atoms with Gasteiger partial charge in [-0.3, -0.25) is 4.79 Å². The van der Waals surface area contributed by atoms with E-state index in [1.165, 1.54) is 11.0 Å². The predicted octanol–water partition coefficient (Wildman–Crippen LogP) is 2.45. The lowest BCUT2D eigenvalue weighted by Crippen LogP contribution is -2.20. The lowest BCUT2D eigenvalue weighted by molar-refractivity contribution is -0.119. The Labute approximate surface area is 170 Å². The fourth-order valence-corrected chi connectivity index (χ4v) is 3.96. The molecule has 30 heavy (non-hydrogen) atoms. The molecule has 156 valence electrons. The summed E-state index contributed by atoms with van der Waals surface area (Å²) in [7, 11) is 0. The highest BCUT2D eigenvalue weighted by atomic mass is 19.3. The predicted molar refractivity (Wildman–Crippen MR) is 103 cm³/mol. The minimum absolute atomic E-state index is 0.120. The molecule has 0 spiro atoms. The molecule has 3 aromatic rings. The second-order valence-electron chi connectivity index (χ2n) is 7.91. The average molecular weight is 414 g/mol. The zero-order valence-electron chi connectivity index (χ0n) is 16.3. The Kier molecular flexibility index (Phi) is 4.12. The number of hydrogen-bond donors (Lipinski definition) is 1. The number of primary amides is 1. The number of rotatable bonds is 5. The summed E-state index contributed by atoms with van der Waals surface area (Å²) in [5.74, 6) is -1.54. The van der Waals surface area contributed by atoms with Gasteiger partial charge in [-0.1, -0.05) is 6.07 Å². The first-order valence-electron chi connectivity index (χ1n) is 9.70. The molecule has 2 N–H and O–H groups in total. The van der Waals surface area contributed by atoms with Crippen LogP contribution in [-0.4, -0.2) is 42.8 Å². The van der Waals surface area contributed by atoms with Crippen LogP contribution in [0.1, 0.15) is 24.8 Å². The third-order valence-corrected chi connectivity index (χ3v) is 5.47. The fourth-order valence-electron chi connectivity index (χ4n) is 3.96. The molecule has 8 nitrogen and oxygen atoms in total. The summed E-state index contributed by atoms with van der Waals surface area (Å²) in [6.07, 6.45) is 3.78. The van der Waals surface area contributed by atoms with Gasteiger partial charge in [0.05, 0.1) is 12.1 Å². The molecule has 3 heterocycles. The van der Waals surface area contributed by atoms with Crippen molar-refractivity contribution in [1.82, 2.24) is 24.3 Å². The second-order valence-corrected chi connectivity index (χ2v) is 7.91. The molecule has 5 rings (SSSR count). The molecule has 2 aliphatic rings. The highest BCUT2D eigenvalue weighted by Gasteiger charge is 2.43. The Bertz CT molecular complexity index is 1130. The minimum Gasteiger partial charge on any atom is -0.491 e. The van der Waals surface area contributed by atoms with Crippen molar-refractivity contribution in [1.29, 1.82) is 0 Å². The van der Waals surface area contributed by atoms with Crippen LogP contribution in [0.15, 0.2) is 30.7 Å². The standard InChI is InChI=1S/C20H20F2N6O2/c1-20(21,22)9-28-19(24-10-25-28)15-8-27-4-5-30-16-6-11(13-7-14(13)17(23)29)2-3-12(16)18(27)26-15/h2-3,6,8,10,13-14H,4-5,7,9H2,1H3,(H2,23,29). The number of imidazole rings is 1. The van der Waals surface area contributed by atoms with Crippen molar-refractivity contribution in [3.05, 3.63) is 36.3 Å². The maximum Gasteiger partial charge on any atom is 0.264 e. The minimum atomic E-state index is -2.91. The van der Waals surface area contributed by atoms with Crippen molar-refractivity contribution in [3.8, 4) is 28.7 Å². The van der Waals surface area contributed by atoms with E-state index < -0.39 is 12.5 Å². The van der Waals surface area contributed by atoms with Crippen molar-refractivity contribution in [3.63, 3.8) is 0 Å². The van der Waals surface area contributed by atoms with E-state index in [0.29, 0.717) is 36.2 Å². The number of nitrogens with zero attached hydrogens (tertiary/aromatic N) is 5. The van der Waals surface area contributed by atoms with E-state index in [1.807, 2.05) is 22.8 Å². The van der Waals surface area contributed by atoms with E-state index in [-0.39, 0.29) is 17.7 Å². The highest BCUT2D eigenvalue weighted by molar-refractivity contribution is 5.81. The van der Waals surface area contributed by atoms with Crippen LogP contribution in [0.5, 0.6) is 5.75 Å². The molecular weight excluding hydrogens is 394 g/mol. The molecule has 2 unspecified atom stereocenters. The molecule has 1 aliphatic carbocycles. The largest absolute Gasteiger partial charge is 0.491 e. The second kappa shape index (κ2) is 6.61. The Morgan fingerprint density at radius 2 is 2.20 bits per heavy atom. The summed E-state index contributed by atoms with van der Waals surface area (Å²) in [6, 6.07) is 5.81. The third-order valence-electron chi connectivity index (χ3n) is 5.47. The molecule has 0 radical (unpaired) electrons. The lowest BCUT2D eigenvalue weighted by Gasteiger charge is -2.11. The number of benzene rings is 1. The summed E-state index contributed by atoms with van der Waals surface area (Å²) < 4.78 is 36.0. The van der Waals surface area contributed by atoms with Gasteiger partial charge in [-0.2, -0.15) is 5.10 Å². The number of halogens is 2. The summed E-state index contributed by atoms with van der Waals surface area (Å²) in [6.45, 7) is 1.26. The van der Waals surface area contributed by atoms with Gasteiger partial charge in [-0.05, 0) is 30.0 Å². The number of carbonyl (C=O) groups is 1. The van der Waals surface area contributed by atoms with Gasteiger partial charge in [0.15, 0.2) is 5.82 Å². The van der Waals surface area contributed by atoms with Crippen molar-refractivity contribution < 1.29 is 18.3 Å². The molecule has 1 aromatic carbocycles. The van der Waals surface area contributed by atoms with Crippen LogP contribution in [0, 0.1) is 5.92 Å². The molecule has 1 fully saturated rings. The first-order chi connectivity index (χ1) is 14.3. The first kappa shape index (κ1) is 18.7. The number of nitrogens with two attached hydrogens (primary N) is 1. The van der Waals surface area contributed by atoms with Gasteiger partial charge in [0.2, 0.25) is 5.91 Å². The van der Waals surface area contributed by atoms with Gasteiger partial charge in [0.1, 0.15) is 36.7 Å². The number of amides is 1. The van der Waals surface area contributed by atoms with Gasteiger partial charge >= 0.3 is 0 Å². The monoisotopic (exact) mass is 414 g/mol.